The molecule has 2 aromatic rings. The van der Waals surface area contributed by atoms with Crippen LogP contribution in [0.15, 0.2) is 60.7 Å². The Kier molecular flexibility index (Phi) is 10.6. The van der Waals surface area contributed by atoms with E-state index >= 15 is 0 Å². The van der Waals surface area contributed by atoms with Gasteiger partial charge in [-0.3, -0.25) is 4.90 Å². The second-order valence-corrected chi connectivity index (χ2v) is 6.95. The second-order valence-electron chi connectivity index (χ2n) is 6.95. The van der Waals surface area contributed by atoms with Gasteiger partial charge in [0.2, 0.25) is 0 Å². The molecule has 9 nitrogen and oxygen atoms in total. The number of hydrogen-bond acceptors (Lipinski definition) is 9. The third-order valence-electron chi connectivity index (χ3n) is 4.68. The van der Waals surface area contributed by atoms with E-state index in [4.69, 9.17) is 18.9 Å². The number of rotatable bonds is 10. The maximum Gasteiger partial charge on any atom is 0.161 e. The van der Waals surface area contributed by atoms with Gasteiger partial charge in [-0.2, -0.15) is 0 Å². The van der Waals surface area contributed by atoms with Crippen LogP contribution in [0.1, 0.15) is 6.42 Å². The van der Waals surface area contributed by atoms with E-state index in [1.807, 2.05) is 48.5 Å². The molecule has 0 bridgehead atoms. The molecule has 0 saturated carbocycles. The molecule has 3 rings (SSSR count). The molecule has 1 heterocycles. The van der Waals surface area contributed by atoms with Crippen LogP contribution in [0.3, 0.4) is 0 Å². The van der Waals surface area contributed by atoms with Crippen LogP contribution < -0.4 is 29.2 Å². The van der Waals surface area contributed by atoms with E-state index < -0.39 is 11.9 Å². The van der Waals surface area contributed by atoms with Crippen molar-refractivity contribution >= 4 is 11.9 Å². The quantitative estimate of drug-likeness (QED) is 0.463. The summed E-state index contributed by atoms with van der Waals surface area (Å²) in [5, 5.41) is 18.8. The highest BCUT2D eigenvalue weighted by Crippen LogP contribution is 2.29. The van der Waals surface area contributed by atoms with Crippen molar-refractivity contribution in [3.63, 3.8) is 0 Å². The number of methoxy groups -OCH3 is 2. The molecule has 0 aromatic heterocycles. The number of likely N-dealkylation sites (tertiary alicyclic amines) is 1. The zero-order chi connectivity index (χ0) is 24.1. The molecule has 1 aliphatic heterocycles. The van der Waals surface area contributed by atoms with Gasteiger partial charge < -0.3 is 38.7 Å². The lowest BCUT2D eigenvalue weighted by atomic mass is 10.3. The van der Waals surface area contributed by atoms with Gasteiger partial charge in [0.1, 0.15) is 12.7 Å². The average Bonchev–Trinajstić information content (AvgIpc) is 3.26. The highest BCUT2D eigenvalue weighted by Gasteiger charge is 2.24. The lowest BCUT2D eigenvalue weighted by molar-refractivity contribution is -0.301. The van der Waals surface area contributed by atoms with Crippen LogP contribution in [0.25, 0.3) is 0 Å². The van der Waals surface area contributed by atoms with Crippen LogP contribution in [-0.2, 0) is 9.59 Å². The third kappa shape index (κ3) is 9.12. The molecule has 1 saturated heterocycles. The minimum Gasteiger partial charge on any atom is -0.545 e. The van der Waals surface area contributed by atoms with E-state index in [0.29, 0.717) is 18.8 Å². The van der Waals surface area contributed by atoms with Crippen molar-refractivity contribution in [2.75, 3.05) is 40.5 Å². The highest BCUT2D eigenvalue weighted by molar-refractivity contribution is 5.87. The lowest BCUT2D eigenvalue weighted by Crippen LogP contribution is -2.28. The number of carbonyl (C=O) groups excluding carboxylic acids is 2. The number of carboxylic acids is 2. The monoisotopic (exact) mass is 457 g/mol. The van der Waals surface area contributed by atoms with E-state index in [9.17, 15) is 19.8 Å². The maximum atomic E-state index is 9.41. The Hall–Kier alpha value is -3.72. The molecule has 0 N–H and O–H groups in total. The van der Waals surface area contributed by atoms with Gasteiger partial charge in [-0.1, -0.05) is 24.3 Å². The van der Waals surface area contributed by atoms with Gasteiger partial charge >= 0.3 is 0 Å². The number of aliphatic carboxylic acids is 2. The van der Waals surface area contributed by atoms with Crippen LogP contribution in [-0.4, -0.2) is 63.4 Å². The van der Waals surface area contributed by atoms with Gasteiger partial charge in [0, 0.05) is 19.6 Å². The Bertz CT molecular complexity index is 914. The number of para-hydroxylation sites is 4. The average molecular weight is 457 g/mol. The van der Waals surface area contributed by atoms with Crippen molar-refractivity contribution in [2.45, 2.75) is 12.5 Å². The van der Waals surface area contributed by atoms with Gasteiger partial charge in [0.15, 0.2) is 23.0 Å². The van der Waals surface area contributed by atoms with Crippen LogP contribution in [0.5, 0.6) is 23.0 Å². The fourth-order valence-corrected chi connectivity index (χ4v) is 3.15. The molecule has 0 radical (unpaired) electrons. The Labute approximate surface area is 192 Å². The number of nitrogens with zero attached hydrogens (tertiary/aromatic N) is 1. The molecule has 0 amide bonds. The Balaban J connectivity index is 0.000000414. The first-order chi connectivity index (χ1) is 15.9. The summed E-state index contributed by atoms with van der Waals surface area (Å²) < 4.78 is 22.6. The highest BCUT2D eigenvalue weighted by atomic mass is 16.5. The lowest BCUT2D eigenvalue weighted by Gasteiger charge is -2.18. The maximum absolute atomic E-state index is 9.41. The number of ether oxygens (including phenoxy) is 4. The summed E-state index contributed by atoms with van der Waals surface area (Å²) in [4.78, 5) is 21.2. The van der Waals surface area contributed by atoms with E-state index in [0.717, 1.165) is 49.1 Å². The van der Waals surface area contributed by atoms with E-state index in [1.54, 1.807) is 14.2 Å². The van der Waals surface area contributed by atoms with E-state index in [-0.39, 0.29) is 6.10 Å². The summed E-state index contributed by atoms with van der Waals surface area (Å²) >= 11 is 0. The molecule has 1 atom stereocenters. The topological polar surface area (TPSA) is 120 Å². The molecule has 33 heavy (non-hydrogen) atoms. The molecule has 9 heteroatoms. The van der Waals surface area contributed by atoms with Crippen molar-refractivity contribution in [1.29, 1.82) is 0 Å². The molecule has 2 aromatic carbocycles. The third-order valence-corrected chi connectivity index (χ3v) is 4.68. The van der Waals surface area contributed by atoms with E-state index in [2.05, 4.69) is 4.90 Å². The number of hydrogen-bond donors (Lipinski definition) is 0. The molecular weight excluding hydrogens is 430 g/mol. The number of carboxylic acid groups (broad SMARTS) is 2. The summed E-state index contributed by atoms with van der Waals surface area (Å²) in [6.07, 6.45) is 1.96. The summed E-state index contributed by atoms with van der Waals surface area (Å²) in [5.41, 5.74) is 0. The molecular formula is C24H27NO8-2. The normalized spacial score (nSPS) is 15.4. The molecule has 1 fully saturated rings. The van der Waals surface area contributed by atoms with Gasteiger partial charge in [-0.05, 0) is 42.8 Å². The van der Waals surface area contributed by atoms with Crippen molar-refractivity contribution < 1.29 is 38.7 Å². The van der Waals surface area contributed by atoms with Crippen molar-refractivity contribution in [2.24, 2.45) is 0 Å². The summed E-state index contributed by atoms with van der Waals surface area (Å²) in [6.45, 7) is 3.40. The van der Waals surface area contributed by atoms with E-state index in [1.165, 1.54) is 0 Å². The molecule has 0 spiro atoms. The first-order valence-electron chi connectivity index (χ1n) is 10.3. The molecule has 178 valence electrons. The van der Waals surface area contributed by atoms with Gasteiger partial charge in [0.05, 0.1) is 26.2 Å². The predicted octanol–water partition coefficient (Wildman–Crippen LogP) is 0.278. The first-order valence-corrected chi connectivity index (χ1v) is 10.3. The number of benzene rings is 2. The molecule has 1 unspecified atom stereocenters. The zero-order valence-electron chi connectivity index (χ0n) is 18.6. The Morgan fingerprint density at radius 2 is 1.42 bits per heavy atom. The number of carbonyl (C=O) groups is 2. The van der Waals surface area contributed by atoms with Gasteiger partial charge in [0.25, 0.3) is 0 Å². The van der Waals surface area contributed by atoms with Crippen molar-refractivity contribution in [1.82, 2.24) is 4.90 Å². The first kappa shape index (κ1) is 25.5. The van der Waals surface area contributed by atoms with Crippen LogP contribution >= 0.6 is 0 Å². The standard InChI is InChI=1S/C20H25NO4.C4H4O4/c1-22-17-7-3-5-9-19(17)24-14-13-21-12-11-16(15-21)25-20-10-6-4-8-18(20)23-2;5-3(6)1-2-4(7)8/h3-10,16H,11-15H2,1-2H3;1-2H,(H,5,6)(H,7,8)/p-2/b;2-1+. The van der Waals surface area contributed by atoms with Crippen LogP contribution in [0.4, 0.5) is 0 Å². The van der Waals surface area contributed by atoms with Crippen LogP contribution in [0, 0.1) is 0 Å². The minimum absolute atomic E-state index is 0.183. The predicted molar refractivity (Wildman–Crippen MR) is 116 cm³/mol. The van der Waals surface area contributed by atoms with Crippen molar-refractivity contribution in [3.05, 3.63) is 60.7 Å². The summed E-state index contributed by atoms with van der Waals surface area (Å²) in [6, 6.07) is 15.5. The van der Waals surface area contributed by atoms with Gasteiger partial charge in [-0.15, -0.1) is 0 Å². The molecule has 1 aliphatic rings. The van der Waals surface area contributed by atoms with Crippen molar-refractivity contribution in [3.8, 4) is 23.0 Å². The SMILES string of the molecule is COc1ccccc1OCCN1CCC(Oc2ccccc2OC)C1.O=C([O-])/C=C/C(=O)[O-]. The fraction of sp³-hybridized carbons (Fsp3) is 0.333. The Morgan fingerprint density at radius 1 is 0.909 bits per heavy atom. The summed E-state index contributed by atoms with van der Waals surface area (Å²) in [7, 11) is 3.32. The zero-order valence-corrected chi connectivity index (χ0v) is 18.6. The smallest absolute Gasteiger partial charge is 0.161 e. The fourth-order valence-electron chi connectivity index (χ4n) is 3.15. The largest absolute Gasteiger partial charge is 0.545 e. The Morgan fingerprint density at radius 3 is 1.97 bits per heavy atom. The van der Waals surface area contributed by atoms with Gasteiger partial charge in [-0.25, -0.2) is 0 Å². The minimum atomic E-state index is -1.55. The van der Waals surface area contributed by atoms with Crippen LogP contribution in [0.2, 0.25) is 0 Å². The second kappa shape index (κ2) is 13.6. The summed E-state index contributed by atoms with van der Waals surface area (Å²) in [5.74, 6) is 0.0401. The molecule has 0 aliphatic carbocycles.